The van der Waals surface area contributed by atoms with Crippen molar-refractivity contribution in [1.29, 1.82) is 0 Å². The average Bonchev–Trinajstić information content (AvgIpc) is 2.31. The zero-order valence-corrected chi connectivity index (χ0v) is 11.0. The van der Waals surface area contributed by atoms with Crippen molar-refractivity contribution in [3.63, 3.8) is 0 Å². The minimum atomic E-state index is -1.25. The van der Waals surface area contributed by atoms with E-state index in [1.807, 2.05) is 20.9 Å². The van der Waals surface area contributed by atoms with Gasteiger partial charge in [0.2, 0.25) is 0 Å². The van der Waals surface area contributed by atoms with E-state index in [-0.39, 0.29) is 12.1 Å². The highest BCUT2D eigenvalue weighted by molar-refractivity contribution is 5.82. The molecule has 1 saturated heterocycles. The van der Waals surface area contributed by atoms with E-state index >= 15 is 0 Å². The number of carbonyl (C=O) groups excluding carboxylic acids is 1. The molecule has 7 nitrogen and oxygen atoms in total. The van der Waals surface area contributed by atoms with E-state index in [4.69, 9.17) is 10.2 Å². The third-order valence-corrected chi connectivity index (χ3v) is 3.43. The van der Waals surface area contributed by atoms with Crippen LogP contribution in [0.25, 0.3) is 0 Å². The van der Waals surface area contributed by atoms with Crippen LogP contribution in [-0.2, 0) is 4.79 Å². The van der Waals surface area contributed by atoms with Gasteiger partial charge in [0.25, 0.3) is 0 Å². The first-order valence-electron chi connectivity index (χ1n) is 5.97. The Morgan fingerprint density at radius 2 is 1.83 bits per heavy atom. The van der Waals surface area contributed by atoms with Crippen LogP contribution in [0, 0.1) is 0 Å². The third-order valence-electron chi connectivity index (χ3n) is 3.43. The summed E-state index contributed by atoms with van der Waals surface area (Å²) in [7, 11) is 2.00. The SMILES string of the molecule is CC1CN(C(=O)NC(CO)C(=O)O)CC(C)N1C. The summed E-state index contributed by atoms with van der Waals surface area (Å²) in [6.45, 7) is 4.50. The minimum Gasteiger partial charge on any atom is -0.480 e. The number of piperazine rings is 1. The number of nitrogens with zero attached hydrogens (tertiary/aromatic N) is 2. The van der Waals surface area contributed by atoms with Crippen molar-refractivity contribution in [1.82, 2.24) is 15.1 Å². The molecule has 2 amide bonds. The Kier molecular flexibility index (Phi) is 4.92. The van der Waals surface area contributed by atoms with Gasteiger partial charge in [0.1, 0.15) is 0 Å². The molecule has 3 N–H and O–H groups in total. The first-order valence-corrected chi connectivity index (χ1v) is 5.97. The fourth-order valence-corrected chi connectivity index (χ4v) is 2.00. The van der Waals surface area contributed by atoms with Crippen LogP contribution in [0.2, 0.25) is 0 Å². The predicted octanol–water partition coefficient (Wildman–Crippen LogP) is -0.834. The molecule has 0 saturated carbocycles. The molecule has 3 unspecified atom stereocenters. The Balaban J connectivity index is 2.59. The molecule has 7 heteroatoms. The van der Waals surface area contributed by atoms with Gasteiger partial charge < -0.3 is 20.4 Å². The first-order chi connectivity index (χ1) is 8.36. The van der Waals surface area contributed by atoms with Crippen molar-refractivity contribution in [2.45, 2.75) is 32.0 Å². The van der Waals surface area contributed by atoms with Gasteiger partial charge in [-0.2, -0.15) is 0 Å². The molecule has 0 aromatic rings. The number of nitrogens with one attached hydrogen (secondary N) is 1. The molecule has 0 aliphatic carbocycles. The molecular weight excluding hydrogens is 238 g/mol. The van der Waals surface area contributed by atoms with Crippen molar-refractivity contribution in [2.24, 2.45) is 0 Å². The zero-order chi connectivity index (χ0) is 13.9. The molecule has 104 valence electrons. The maximum absolute atomic E-state index is 11.9. The Labute approximate surface area is 106 Å². The molecule has 1 heterocycles. The maximum Gasteiger partial charge on any atom is 0.328 e. The summed E-state index contributed by atoms with van der Waals surface area (Å²) in [5, 5.41) is 19.9. The van der Waals surface area contributed by atoms with E-state index in [1.54, 1.807) is 4.90 Å². The van der Waals surface area contributed by atoms with Crippen LogP contribution in [0.3, 0.4) is 0 Å². The van der Waals surface area contributed by atoms with Crippen LogP contribution >= 0.6 is 0 Å². The number of aliphatic hydroxyl groups excluding tert-OH is 1. The summed E-state index contributed by atoms with van der Waals surface area (Å²) in [6.07, 6.45) is 0. The molecule has 1 aliphatic rings. The minimum absolute atomic E-state index is 0.219. The second-order valence-corrected chi connectivity index (χ2v) is 4.79. The van der Waals surface area contributed by atoms with Crippen molar-refractivity contribution in [3.05, 3.63) is 0 Å². The van der Waals surface area contributed by atoms with Gasteiger partial charge in [-0.25, -0.2) is 9.59 Å². The molecule has 1 rings (SSSR count). The first kappa shape index (κ1) is 14.7. The molecule has 1 fully saturated rings. The van der Waals surface area contributed by atoms with E-state index in [2.05, 4.69) is 10.2 Å². The monoisotopic (exact) mass is 259 g/mol. The molecule has 0 aromatic carbocycles. The maximum atomic E-state index is 11.9. The van der Waals surface area contributed by atoms with Gasteiger partial charge in [0.05, 0.1) is 6.61 Å². The summed E-state index contributed by atoms with van der Waals surface area (Å²) in [5.74, 6) is -1.24. The van der Waals surface area contributed by atoms with Gasteiger partial charge in [-0.1, -0.05) is 0 Å². The number of aliphatic carboxylic acids is 1. The summed E-state index contributed by atoms with van der Waals surface area (Å²) in [6, 6.07) is -1.25. The number of rotatable bonds is 3. The van der Waals surface area contributed by atoms with Gasteiger partial charge in [0, 0.05) is 25.2 Å². The normalized spacial score (nSPS) is 26.8. The summed E-state index contributed by atoms with van der Waals surface area (Å²) < 4.78 is 0. The summed E-state index contributed by atoms with van der Waals surface area (Å²) in [5.41, 5.74) is 0. The number of carboxylic acid groups (broad SMARTS) is 1. The molecule has 1 aliphatic heterocycles. The lowest BCUT2D eigenvalue weighted by Crippen LogP contribution is -2.60. The molecule has 18 heavy (non-hydrogen) atoms. The quantitative estimate of drug-likeness (QED) is 0.615. The van der Waals surface area contributed by atoms with E-state index in [1.165, 1.54) is 0 Å². The molecule has 0 bridgehead atoms. The molecule has 3 atom stereocenters. The third kappa shape index (κ3) is 3.33. The van der Waals surface area contributed by atoms with Crippen LogP contribution < -0.4 is 5.32 Å². The van der Waals surface area contributed by atoms with Crippen LogP contribution in [0.15, 0.2) is 0 Å². The molecule has 0 aromatic heterocycles. The largest absolute Gasteiger partial charge is 0.480 e. The Morgan fingerprint density at radius 3 is 2.22 bits per heavy atom. The molecular formula is C11H21N3O4. The van der Waals surface area contributed by atoms with Crippen molar-refractivity contribution in [2.75, 3.05) is 26.7 Å². The van der Waals surface area contributed by atoms with Gasteiger partial charge in [-0.15, -0.1) is 0 Å². The smallest absolute Gasteiger partial charge is 0.328 e. The van der Waals surface area contributed by atoms with Crippen molar-refractivity contribution in [3.8, 4) is 0 Å². The summed E-state index contributed by atoms with van der Waals surface area (Å²) >= 11 is 0. The second kappa shape index (κ2) is 6.01. The van der Waals surface area contributed by atoms with Crippen molar-refractivity contribution < 1.29 is 19.8 Å². The highest BCUT2D eigenvalue weighted by Crippen LogP contribution is 2.13. The van der Waals surface area contributed by atoms with Crippen LogP contribution in [0.5, 0.6) is 0 Å². The Hall–Kier alpha value is -1.34. The highest BCUT2D eigenvalue weighted by Gasteiger charge is 2.31. The zero-order valence-electron chi connectivity index (χ0n) is 11.0. The van der Waals surface area contributed by atoms with Gasteiger partial charge in [-0.3, -0.25) is 4.90 Å². The topological polar surface area (TPSA) is 93.1 Å². The Bertz CT molecular complexity index is 311. The van der Waals surface area contributed by atoms with Gasteiger partial charge >= 0.3 is 12.0 Å². The lowest BCUT2D eigenvalue weighted by molar-refractivity contribution is -0.140. The van der Waals surface area contributed by atoms with E-state index in [9.17, 15) is 9.59 Å². The van der Waals surface area contributed by atoms with Gasteiger partial charge in [-0.05, 0) is 20.9 Å². The predicted molar refractivity (Wildman–Crippen MR) is 65.3 cm³/mol. The number of likely N-dealkylation sites (N-methyl/N-ethyl adjacent to an activating group) is 1. The average molecular weight is 259 g/mol. The summed E-state index contributed by atoms with van der Waals surface area (Å²) in [4.78, 5) is 26.4. The number of hydrogen-bond donors (Lipinski definition) is 3. The standard InChI is InChI=1S/C11H21N3O4/c1-7-4-14(5-8(2)13(7)3)11(18)12-9(6-15)10(16)17/h7-9,15H,4-6H2,1-3H3,(H,12,18)(H,16,17). The van der Waals surface area contributed by atoms with Crippen LogP contribution in [0.1, 0.15) is 13.8 Å². The number of urea groups is 1. The van der Waals surface area contributed by atoms with E-state index in [0.29, 0.717) is 13.1 Å². The second-order valence-electron chi connectivity index (χ2n) is 4.79. The fraction of sp³-hybridized carbons (Fsp3) is 0.818. The number of aliphatic hydroxyl groups is 1. The van der Waals surface area contributed by atoms with Crippen molar-refractivity contribution >= 4 is 12.0 Å². The van der Waals surface area contributed by atoms with Gasteiger partial charge in [0.15, 0.2) is 6.04 Å². The van der Waals surface area contributed by atoms with E-state index < -0.39 is 24.6 Å². The Morgan fingerprint density at radius 1 is 1.33 bits per heavy atom. The van der Waals surface area contributed by atoms with Crippen LogP contribution in [-0.4, -0.2) is 76.9 Å². The number of carbonyl (C=O) groups is 2. The van der Waals surface area contributed by atoms with Crippen LogP contribution in [0.4, 0.5) is 4.79 Å². The molecule has 0 spiro atoms. The number of amides is 2. The number of carboxylic acids is 1. The lowest BCUT2D eigenvalue weighted by Gasteiger charge is -2.42. The number of hydrogen-bond acceptors (Lipinski definition) is 4. The lowest BCUT2D eigenvalue weighted by atomic mass is 10.1. The molecule has 0 radical (unpaired) electrons. The highest BCUT2D eigenvalue weighted by atomic mass is 16.4. The fourth-order valence-electron chi connectivity index (χ4n) is 2.00. The van der Waals surface area contributed by atoms with E-state index in [0.717, 1.165) is 0 Å².